The summed E-state index contributed by atoms with van der Waals surface area (Å²) >= 11 is 0. The van der Waals surface area contributed by atoms with Crippen LogP contribution in [-0.4, -0.2) is 15.2 Å². The summed E-state index contributed by atoms with van der Waals surface area (Å²) < 4.78 is 11.2. The number of ether oxygens (including phenoxy) is 1. The number of aromatic nitrogens is 3. The summed E-state index contributed by atoms with van der Waals surface area (Å²) in [5.41, 5.74) is 0.777. The lowest BCUT2D eigenvalue weighted by molar-refractivity contribution is 0.485. The third kappa shape index (κ3) is 4.40. The van der Waals surface area contributed by atoms with Gasteiger partial charge in [-0.25, -0.2) is 0 Å². The average Bonchev–Trinajstić information content (AvgIpc) is 3.23. The van der Waals surface area contributed by atoms with Gasteiger partial charge in [-0.05, 0) is 36.4 Å². The van der Waals surface area contributed by atoms with E-state index in [1.54, 1.807) is 12.5 Å². The van der Waals surface area contributed by atoms with E-state index in [9.17, 15) is 0 Å². The highest BCUT2D eigenvalue weighted by Gasteiger charge is 2.07. The second kappa shape index (κ2) is 8.01. The van der Waals surface area contributed by atoms with Crippen LogP contribution < -0.4 is 15.4 Å². The summed E-state index contributed by atoms with van der Waals surface area (Å²) in [7, 11) is 0. The minimum atomic E-state index is 0.401. The number of benzene rings is 2. The normalized spacial score (nSPS) is 10.4. The Morgan fingerprint density at radius 1 is 0.926 bits per heavy atom. The third-order valence-corrected chi connectivity index (χ3v) is 3.68. The van der Waals surface area contributed by atoms with Gasteiger partial charge in [-0.3, -0.25) is 0 Å². The number of nitrogens with one attached hydrogen (secondary N) is 2. The zero-order valence-corrected chi connectivity index (χ0v) is 14.4. The SMILES string of the molecule is c1ccc(Oc2ccccc2Nc2cnnc(NCc3ccco3)n2)cc1. The van der Waals surface area contributed by atoms with Crippen molar-refractivity contribution in [2.45, 2.75) is 6.54 Å². The van der Waals surface area contributed by atoms with E-state index in [1.165, 1.54) is 0 Å². The average molecular weight is 359 g/mol. The molecule has 0 amide bonds. The molecule has 4 aromatic rings. The van der Waals surface area contributed by atoms with Crippen molar-refractivity contribution in [1.29, 1.82) is 0 Å². The Labute approximate surface area is 156 Å². The molecule has 2 aromatic carbocycles. The number of anilines is 3. The molecule has 4 rings (SSSR count). The molecule has 2 heterocycles. The molecule has 0 aliphatic rings. The largest absolute Gasteiger partial charge is 0.467 e. The standard InChI is InChI=1S/C20H17N5O2/c1-2-7-15(8-3-1)27-18-11-5-4-10-17(18)23-19-14-22-25-20(24-19)21-13-16-9-6-12-26-16/h1-12,14H,13H2,(H2,21,23,24,25). The van der Waals surface area contributed by atoms with E-state index < -0.39 is 0 Å². The minimum Gasteiger partial charge on any atom is -0.467 e. The predicted molar refractivity (Wildman–Crippen MR) is 102 cm³/mol. The summed E-state index contributed by atoms with van der Waals surface area (Å²) in [5.74, 6) is 3.19. The predicted octanol–water partition coefficient (Wildman–Crippen LogP) is 4.61. The van der Waals surface area contributed by atoms with E-state index >= 15 is 0 Å². The van der Waals surface area contributed by atoms with Crippen LogP contribution in [0.4, 0.5) is 17.5 Å². The Morgan fingerprint density at radius 2 is 1.78 bits per heavy atom. The van der Waals surface area contributed by atoms with Crippen LogP contribution in [0.5, 0.6) is 11.5 Å². The van der Waals surface area contributed by atoms with Gasteiger partial charge in [-0.1, -0.05) is 30.3 Å². The monoisotopic (exact) mass is 359 g/mol. The molecule has 0 unspecified atom stereocenters. The zero-order chi connectivity index (χ0) is 18.3. The summed E-state index contributed by atoms with van der Waals surface area (Å²) in [6, 6.07) is 20.9. The second-order valence-electron chi connectivity index (χ2n) is 5.63. The lowest BCUT2D eigenvalue weighted by atomic mass is 10.3. The summed E-state index contributed by atoms with van der Waals surface area (Å²) in [4.78, 5) is 4.42. The molecular formula is C20H17N5O2. The summed E-state index contributed by atoms with van der Waals surface area (Å²) in [6.45, 7) is 0.478. The van der Waals surface area contributed by atoms with Gasteiger partial charge in [0.25, 0.3) is 0 Å². The number of hydrogen-bond acceptors (Lipinski definition) is 7. The van der Waals surface area contributed by atoms with E-state index in [-0.39, 0.29) is 0 Å². The van der Waals surface area contributed by atoms with Gasteiger partial charge >= 0.3 is 0 Å². The topological polar surface area (TPSA) is 85.1 Å². The first-order valence-electron chi connectivity index (χ1n) is 8.42. The van der Waals surface area contributed by atoms with Crippen LogP contribution in [0.15, 0.2) is 83.6 Å². The number of para-hydroxylation sites is 3. The maximum atomic E-state index is 5.95. The first-order chi connectivity index (χ1) is 13.4. The quantitative estimate of drug-likeness (QED) is 0.498. The number of nitrogens with zero attached hydrogens (tertiary/aromatic N) is 3. The number of hydrogen-bond donors (Lipinski definition) is 2. The minimum absolute atomic E-state index is 0.401. The first kappa shape index (κ1) is 16.6. The molecule has 7 heteroatoms. The molecular weight excluding hydrogens is 342 g/mol. The molecule has 0 atom stereocenters. The molecule has 0 saturated heterocycles. The fourth-order valence-electron chi connectivity index (χ4n) is 2.43. The highest BCUT2D eigenvalue weighted by molar-refractivity contribution is 5.64. The lowest BCUT2D eigenvalue weighted by Gasteiger charge is -2.12. The highest BCUT2D eigenvalue weighted by atomic mass is 16.5. The van der Waals surface area contributed by atoms with Crippen LogP contribution in [0.1, 0.15) is 5.76 Å². The molecule has 7 nitrogen and oxygen atoms in total. The molecule has 0 radical (unpaired) electrons. The lowest BCUT2D eigenvalue weighted by Crippen LogP contribution is -2.06. The molecule has 2 aromatic heterocycles. The van der Waals surface area contributed by atoms with Gasteiger partial charge in [-0.2, -0.15) is 10.1 Å². The van der Waals surface area contributed by atoms with E-state index in [0.717, 1.165) is 17.2 Å². The highest BCUT2D eigenvalue weighted by Crippen LogP contribution is 2.30. The summed E-state index contributed by atoms with van der Waals surface area (Å²) in [5, 5.41) is 14.3. The van der Waals surface area contributed by atoms with Crippen LogP contribution in [0.3, 0.4) is 0 Å². The molecule has 0 aliphatic carbocycles. The molecule has 0 fully saturated rings. The Balaban J connectivity index is 1.48. The molecule has 27 heavy (non-hydrogen) atoms. The molecule has 0 spiro atoms. The van der Waals surface area contributed by atoms with Gasteiger partial charge in [0.1, 0.15) is 11.5 Å². The Hall–Kier alpha value is -3.87. The Kier molecular flexibility index (Phi) is 4.92. The third-order valence-electron chi connectivity index (χ3n) is 3.68. The van der Waals surface area contributed by atoms with Crippen LogP contribution in [0, 0.1) is 0 Å². The maximum absolute atomic E-state index is 5.95. The van der Waals surface area contributed by atoms with Gasteiger partial charge < -0.3 is 19.8 Å². The molecule has 0 saturated carbocycles. The van der Waals surface area contributed by atoms with Crippen molar-refractivity contribution in [2.24, 2.45) is 0 Å². The van der Waals surface area contributed by atoms with Crippen molar-refractivity contribution in [3.05, 3.63) is 85.0 Å². The zero-order valence-electron chi connectivity index (χ0n) is 14.4. The molecule has 2 N–H and O–H groups in total. The van der Waals surface area contributed by atoms with Gasteiger partial charge in [0.15, 0.2) is 11.6 Å². The van der Waals surface area contributed by atoms with E-state index in [1.807, 2.05) is 66.7 Å². The van der Waals surface area contributed by atoms with E-state index in [0.29, 0.717) is 24.1 Å². The van der Waals surface area contributed by atoms with Crippen LogP contribution in [-0.2, 0) is 6.54 Å². The number of furan rings is 1. The van der Waals surface area contributed by atoms with Gasteiger partial charge in [0.2, 0.25) is 5.95 Å². The van der Waals surface area contributed by atoms with Gasteiger partial charge in [0.05, 0.1) is 24.7 Å². The van der Waals surface area contributed by atoms with Crippen molar-refractivity contribution < 1.29 is 9.15 Å². The van der Waals surface area contributed by atoms with Crippen LogP contribution >= 0.6 is 0 Å². The van der Waals surface area contributed by atoms with Gasteiger partial charge in [-0.15, -0.1) is 5.10 Å². The summed E-state index contributed by atoms with van der Waals surface area (Å²) in [6.07, 6.45) is 3.18. The molecule has 0 aliphatic heterocycles. The fourth-order valence-corrected chi connectivity index (χ4v) is 2.43. The number of rotatable bonds is 7. The first-order valence-corrected chi connectivity index (χ1v) is 8.42. The van der Waals surface area contributed by atoms with Crippen molar-refractivity contribution in [1.82, 2.24) is 15.2 Å². The van der Waals surface area contributed by atoms with Crippen molar-refractivity contribution >= 4 is 17.5 Å². The molecule has 134 valence electrons. The van der Waals surface area contributed by atoms with Crippen molar-refractivity contribution in [3.8, 4) is 11.5 Å². The van der Waals surface area contributed by atoms with Crippen LogP contribution in [0.2, 0.25) is 0 Å². The van der Waals surface area contributed by atoms with Crippen molar-refractivity contribution in [2.75, 3.05) is 10.6 Å². The van der Waals surface area contributed by atoms with E-state index in [4.69, 9.17) is 9.15 Å². The smallest absolute Gasteiger partial charge is 0.245 e. The van der Waals surface area contributed by atoms with Gasteiger partial charge in [0, 0.05) is 0 Å². The molecule has 0 bridgehead atoms. The maximum Gasteiger partial charge on any atom is 0.245 e. The second-order valence-corrected chi connectivity index (χ2v) is 5.63. The Morgan fingerprint density at radius 3 is 2.63 bits per heavy atom. The van der Waals surface area contributed by atoms with E-state index in [2.05, 4.69) is 25.8 Å². The van der Waals surface area contributed by atoms with Crippen molar-refractivity contribution in [3.63, 3.8) is 0 Å². The fraction of sp³-hybridized carbons (Fsp3) is 0.0500. The van der Waals surface area contributed by atoms with Crippen LogP contribution in [0.25, 0.3) is 0 Å². The Bertz CT molecular complexity index is 990.